The summed E-state index contributed by atoms with van der Waals surface area (Å²) in [6, 6.07) is 14.1. The van der Waals surface area contributed by atoms with E-state index in [0.29, 0.717) is 5.56 Å². The third kappa shape index (κ3) is 3.41. The maximum Gasteiger partial charge on any atom is 0.270 e. The molecule has 20 heavy (non-hydrogen) atoms. The maximum atomic E-state index is 10.7. The zero-order valence-electron chi connectivity index (χ0n) is 11.4. The molecule has 2 aromatic carbocycles. The van der Waals surface area contributed by atoms with Crippen LogP contribution in [0.3, 0.4) is 0 Å². The average molecular weight is 269 g/mol. The highest BCUT2D eigenvalue weighted by atomic mass is 16.6. The summed E-state index contributed by atoms with van der Waals surface area (Å²) in [5, 5.41) is 10.7. The average Bonchev–Trinajstić information content (AvgIpc) is 2.46. The van der Waals surface area contributed by atoms with Crippen LogP contribution in [0.1, 0.15) is 5.56 Å². The van der Waals surface area contributed by atoms with E-state index in [1.54, 1.807) is 18.3 Å². The van der Waals surface area contributed by atoms with Gasteiger partial charge in [-0.25, -0.2) is 0 Å². The molecule has 102 valence electrons. The van der Waals surface area contributed by atoms with E-state index in [1.807, 2.05) is 43.3 Å². The van der Waals surface area contributed by atoms with Crippen molar-refractivity contribution in [1.82, 2.24) is 0 Å². The lowest BCUT2D eigenvalue weighted by molar-refractivity contribution is -0.384. The van der Waals surface area contributed by atoms with Crippen LogP contribution in [0.15, 0.2) is 53.5 Å². The standard InChI is InChI=1S/C15H15N3O2/c1-17(2)14-8-6-13(7-9-14)16-11-12-4-3-5-15(10-12)18(19)20/h3-11H,1-2H3. The Bertz CT molecular complexity index is 634. The van der Waals surface area contributed by atoms with Crippen LogP contribution in [0.5, 0.6) is 0 Å². The predicted octanol–water partition coefficient (Wildman–Crippen LogP) is 3.41. The molecule has 0 aromatic heterocycles. The number of hydrogen-bond acceptors (Lipinski definition) is 4. The zero-order valence-corrected chi connectivity index (χ0v) is 11.4. The number of nitrogens with zero attached hydrogens (tertiary/aromatic N) is 3. The van der Waals surface area contributed by atoms with Crippen LogP contribution < -0.4 is 4.90 Å². The van der Waals surface area contributed by atoms with Gasteiger partial charge in [0, 0.05) is 38.1 Å². The molecule has 0 saturated heterocycles. The minimum Gasteiger partial charge on any atom is -0.378 e. The molecule has 0 spiro atoms. The summed E-state index contributed by atoms with van der Waals surface area (Å²) in [4.78, 5) is 16.6. The van der Waals surface area contributed by atoms with Crippen molar-refractivity contribution >= 4 is 23.3 Å². The Morgan fingerprint density at radius 1 is 1.15 bits per heavy atom. The lowest BCUT2D eigenvalue weighted by Crippen LogP contribution is -2.07. The Morgan fingerprint density at radius 2 is 1.85 bits per heavy atom. The van der Waals surface area contributed by atoms with Gasteiger partial charge in [-0.3, -0.25) is 15.1 Å². The molecule has 0 N–H and O–H groups in total. The van der Waals surface area contributed by atoms with Crippen molar-refractivity contribution in [2.75, 3.05) is 19.0 Å². The first-order chi connectivity index (χ1) is 9.56. The quantitative estimate of drug-likeness (QED) is 0.485. The van der Waals surface area contributed by atoms with Gasteiger partial charge in [0.2, 0.25) is 0 Å². The highest BCUT2D eigenvalue weighted by Crippen LogP contribution is 2.18. The van der Waals surface area contributed by atoms with Gasteiger partial charge in [0.1, 0.15) is 0 Å². The van der Waals surface area contributed by atoms with Gasteiger partial charge < -0.3 is 4.90 Å². The second-order valence-electron chi connectivity index (χ2n) is 4.52. The third-order valence-corrected chi connectivity index (χ3v) is 2.81. The minimum atomic E-state index is -0.413. The third-order valence-electron chi connectivity index (χ3n) is 2.81. The second-order valence-corrected chi connectivity index (χ2v) is 4.52. The molecule has 2 rings (SSSR count). The van der Waals surface area contributed by atoms with Crippen LogP contribution in [0, 0.1) is 10.1 Å². The zero-order chi connectivity index (χ0) is 14.5. The van der Waals surface area contributed by atoms with E-state index in [0.717, 1.165) is 11.4 Å². The first-order valence-corrected chi connectivity index (χ1v) is 6.12. The van der Waals surface area contributed by atoms with Crippen LogP contribution >= 0.6 is 0 Å². The van der Waals surface area contributed by atoms with Crippen molar-refractivity contribution < 1.29 is 4.92 Å². The van der Waals surface area contributed by atoms with Gasteiger partial charge in [-0.05, 0) is 29.8 Å². The molecule has 0 saturated carbocycles. The SMILES string of the molecule is CN(C)c1ccc(N=Cc2cccc([N+](=O)[O-])c2)cc1. The molecule has 0 amide bonds. The van der Waals surface area contributed by atoms with E-state index in [4.69, 9.17) is 0 Å². The summed E-state index contributed by atoms with van der Waals surface area (Å²) in [7, 11) is 3.95. The van der Waals surface area contributed by atoms with Gasteiger partial charge in [-0.2, -0.15) is 0 Å². The predicted molar refractivity (Wildman–Crippen MR) is 81.1 cm³/mol. The monoisotopic (exact) mass is 269 g/mol. The summed E-state index contributed by atoms with van der Waals surface area (Å²) in [6.45, 7) is 0. The van der Waals surface area contributed by atoms with Crippen LogP contribution in [-0.4, -0.2) is 25.2 Å². The molecule has 0 heterocycles. The van der Waals surface area contributed by atoms with E-state index in [2.05, 4.69) is 4.99 Å². The number of nitro benzene ring substituents is 1. The molecule has 0 radical (unpaired) electrons. The van der Waals surface area contributed by atoms with Crippen molar-refractivity contribution in [3.63, 3.8) is 0 Å². The Kier molecular flexibility index (Phi) is 4.10. The number of aliphatic imine (C=N–C) groups is 1. The Balaban J connectivity index is 2.16. The van der Waals surface area contributed by atoms with Crippen LogP contribution in [-0.2, 0) is 0 Å². The Labute approximate surface area is 117 Å². The number of benzene rings is 2. The molecule has 0 aliphatic carbocycles. The van der Waals surface area contributed by atoms with E-state index in [-0.39, 0.29) is 5.69 Å². The molecular formula is C15H15N3O2. The number of non-ortho nitro benzene ring substituents is 1. The van der Waals surface area contributed by atoms with Crippen molar-refractivity contribution in [1.29, 1.82) is 0 Å². The van der Waals surface area contributed by atoms with Gasteiger partial charge in [0.25, 0.3) is 5.69 Å². The van der Waals surface area contributed by atoms with Crippen molar-refractivity contribution in [3.8, 4) is 0 Å². The molecule has 0 bridgehead atoms. The second kappa shape index (κ2) is 5.97. The molecule has 5 nitrogen and oxygen atoms in total. The molecular weight excluding hydrogens is 254 g/mol. The highest BCUT2D eigenvalue weighted by molar-refractivity contribution is 5.82. The Hall–Kier alpha value is -2.69. The topological polar surface area (TPSA) is 58.7 Å². The van der Waals surface area contributed by atoms with E-state index in [9.17, 15) is 10.1 Å². The van der Waals surface area contributed by atoms with Gasteiger partial charge in [0.05, 0.1) is 10.6 Å². The van der Waals surface area contributed by atoms with Gasteiger partial charge in [-0.15, -0.1) is 0 Å². The summed E-state index contributed by atoms with van der Waals surface area (Å²) in [5.74, 6) is 0. The number of nitro groups is 1. The largest absolute Gasteiger partial charge is 0.378 e. The van der Waals surface area contributed by atoms with E-state index < -0.39 is 4.92 Å². The molecule has 0 aliphatic heterocycles. The fourth-order valence-electron chi connectivity index (χ4n) is 1.70. The fraction of sp³-hybridized carbons (Fsp3) is 0.133. The van der Waals surface area contributed by atoms with Crippen LogP contribution in [0.25, 0.3) is 0 Å². The molecule has 0 fully saturated rings. The fourth-order valence-corrected chi connectivity index (χ4v) is 1.70. The van der Waals surface area contributed by atoms with Crippen LogP contribution in [0.2, 0.25) is 0 Å². The van der Waals surface area contributed by atoms with Gasteiger partial charge in [0.15, 0.2) is 0 Å². The normalized spacial score (nSPS) is 10.7. The van der Waals surface area contributed by atoms with Gasteiger partial charge in [-0.1, -0.05) is 12.1 Å². The first kappa shape index (κ1) is 13.7. The Morgan fingerprint density at radius 3 is 2.45 bits per heavy atom. The lowest BCUT2D eigenvalue weighted by Gasteiger charge is -2.11. The minimum absolute atomic E-state index is 0.0666. The molecule has 0 atom stereocenters. The summed E-state index contributed by atoms with van der Waals surface area (Å²) >= 11 is 0. The van der Waals surface area contributed by atoms with Crippen LogP contribution in [0.4, 0.5) is 17.1 Å². The molecule has 0 unspecified atom stereocenters. The summed E-state index contributed by atoms with van der Waals surface area (Å²) < 4.78 is 0. The van der Waals surface area contributed by atoms with E-state index >= 15 is 0 Å². The summed E-state index contributed by atoms with van der Waals surface area (Å²) in [6.07, 6.45) is 1.62. The lowest BCUT2D eigenvalue weighted by atomic mass is 10.2. The number of anilines is 1. The summed E-state index contributed by atoms with van der Waals surface area (Å²) in [5.41, 5.74) is 2.68. The molecule has 2 aromatic rings. The first-order valence-electron chi connectivity index (χ1n) is 6.12. The maximum absolute atomic E-state index is 10.7. The smallest absolute Gasteiger partial charge is 0.270 e. The van der Waals surface area contributed by atoms with Gasteiger partial charge >= 0.3 is 0 Å². The number of hydrogen-bond donors (Lipinski definition) is 0. The molecule has 5 heteroatoms. The van der Waals surface area contributed by atoms with E-state index in [1.165, 1.54) is 12.1 Å². The molecule has 0 aliphatic rings. The van der Waals surface area contributed by atoms with Crippen molar-refractivity contribution in [2.45, 2.75) is 0 Å². The highest BCUT2D eigenvalue weighted by Gasteiger charge is 2.03. The van der Waals surface area contributed by atoms with Crippen molar-refractivity contribution in [2.24, 2.45) is 4.99 Å². The van der Waals surface area contributed by atoms with Crippen molar-refractivity contribution in [3.05, 3.63) is 64.2 Å². The number of rotatable bonds is 4.